The number of rotatable bonds is 4. The summed E-state index contributed by atoms with van der Waals surface area (Å²) in [4.78, 5) is 6.06. The highest BCUT2D eigenvalue weighted by Gasteiger charge is 2.21. The van der Waals surface area contributed by atoms with Crippen LogP contribution in [0.3, 0.4) is 0 Å². The average molecular weight is 308 g/mol. The molecule has 1 aromatic heterocycles. The summed E-state index contributed by atoms with van der Waals surface area (Å²) in [7, 11) is 0. The van der Waals surface area contributed by atoms with Crippen molar-refractivity contribution in [1.82, 2.24) is 10.3 Å². The highest BCUT2D eigenvalue weighted by molar-refractivity contribution is 7.11. The van der Waals surface area contributed by atoms with Gasteiger partial charge in [0.2, 0.25) is 0 Å². The maximum Gasteiger partial charge on any atom is 0.130 e. The SMILES string of the molecule is C[C@H](N[C@@H](C)c1ccc(F)cc1F)c1nc2c(s1)CCC2. The molecular weight excluding hydrogens is 290 g/mol. The predicted molar refractivity (Wildman–Crippen MR) is 80.5 cm³/mol. The van der Waals surface area contributed by atoms with Gasteiger partial charge < -0.3 is 5.32 Å². The van der Waals surface area contributed by atoms with Crippen LogP contribution in [0.15, 0.2) is 18.2 Å². The molecular formula is C16H18F2N2S. The molecule has 21 heavy (non-hydrogen) atoms. The van der Waals surface area contributed by atoms with Crippen LogP contribution in [0.4, 0.5) is 8.78 Å². The molecule has 0 radical (unpaired) electrons. The van der Waals surface area contributed by atoms with Gasteiger partial charge in [-0.05, 0) is 39.2 Å². The van der Waals surface area contributed by atoms with E-state index in [2.05, 4.69) is 10.3 Å². The molecule has 0 amide bonds. The molecule has 5 heteroatoms. The van der Waals surface area contributed by atoms with Crippen LogP contribution in [0.2, 0.25) is 0 Å². The normalized spacial score (nSPS) is 16.8. The van der Waals surface area contributed by atoms with E-state index in [0.717, 1.165) is 23.9 Å². The lowest BCUT2D eigenvalue weighted by Crippen LogP contribution is -2.23. The van der Waals surface area contributed by atoms with Gasteiger partial charge in [-0.25, -0.2) is 13.8 Å². The third kappa shape index (κ3) is 2.99. The van der Waals surface area contributed by atoms with Crippen LogP contribution < -0.4 is 5.32 Å². The van der Waals surface area contributed by atoms with Crippen molar-refractivity contribution >= 4 is 11.3 Å². The largest absolute Gasteiger partial charge is 0.301 e. The van der Waals surface area contributed by atoms with E-state index < -0.39 is 11.6 Å². The standard InChI is InChI=1S/C16H18F2N2S/c1-9(12-7-6-11(17)8-13(12)18)19-10(2)16-20-14-4-3-5-15(14)21-16/h6-10,19H,3-5H2,1-2H3/t9-,10-/m0/s1. The van der Waals surface area contributed by atoms with Crippen LogP contribution >= 0.6 is 11.3 Å². The van der Waals surface area contributed by atoms with Crippen molar-refractivity contribution in [3.63, 3.8) is 0 Å². The summed E-state index contributed by atoms with van der Waals surface area (Å²) in [5, 5.41) is 4.40. The molecule has 0 aliphatic heterocycles. The van der Waals surface area contributed by atoms with Crippen molar-refractivity contribution < 1.29 is 8.78 Å². The Hall–Kier alpha value is -1.33. The van der Waals surface area contributed by atoms with Gasteiger partial charge in [-0.1, -0.05) is 6.07 Å². The fourth-order valence-electron chi connectivity index (χ4n) is 2.78. The smallest absolute Gasteiger partial charge is 0.130 e. The molecule has 1 aromatic carbocycles. The van der Waals surface area contributed by atoms with Crippen LogP contribution in [0.1, 0.15) is 53.5 Å². The Kier molecular flexibility index (Phi) is 4.04. The minimum atomic E-state index is -0.548. The Balaban J connectivity index is 1.72. The zero-order chi connectivity index (χ0) is 15.0. The Morgan fingerprint density at radius 2 is 2.00 bits per heavy atom. The molecule has 0 bridgehead atoms. The van der Waals surface area contributed by atoms with E-state index in [9.17, 15) is 8.78 Å². The summed E-state index contributed by atoms with van der Waals surface area (Å²) < 4.78 is 26.8. The van der Waals surface area contributed by atoms with Crippen LogP contribution in [0, 0.1) is 11.6 Å². The van der Waals surface area contributed by atoms with E-state index in [0.29, 0.717) is 5.56 Å². The lowest BCUT2D eigenvalue weighted by atomic mass is 10.1. The predicted octanol–water partition coefficient (Wildman–Crippen LogP) is 4.32. The van der Waals surface area contributed by atoms with Crippen LogP contribution in [-0.2, 0) is 12.8 Å². The van der Waals surface area contributed by atoms with Crippen molar-refractivity contribution in [2.75, 3.05) is 0 Å². The van der Waals surface area contributed by atoms with E-state index in [-0.39, 0.29) is 12.1 Å². The maximum atomic E-state index is 13.8. The number of aryl methyl sites for hydroxylation is 2. The van der Waals surface area contributed by atoms with Crippen molar-refractivity contribution in [1.29, 1.82) is 0 Å². The molecule has 1 heterocycles. The molecule has 1 aliphatic carbocycles. The first-order valence-corrected chi connectivity index (χ1v) is 8.05. The summed E-state index contributed by atoms with van der Waals surface area (Å²) in [6.07, 6.45) is 3.40. The summed E-state index contributed by atoms with van der Waals surface area (Å²) >= 11 is 1.75. The quantitative estimate of drug-likeness (QED) is 0.910. The number of hydrogen-bond acceptors (Lipinski definition) is 3. The van der Waals surface area contributed by atoms with E-state index in [1.807, 2.05) is 13.8 Å². The molecule has 112 valence electrons. The van der Waals surface area contributed by atoms with Crippen LogP contribution in [0.5, 0.6) is 0 Å². The summed E-state index contributed by atoms with van der Waals surface area (Å²) in [5.41, 5.74) is 1.71. The zero-order valence-electron chi connectivity index (χ0n) is 12.1. The zero-order valence-corrected chi connectivity index (χ0v) is 12.9. The molecule has 1 N–H and O–H groups in total. The Morgan fingerprint density at radius 3 is 2.71 bits per heavy atom. The number of fused-ring (bicyclic) bond motifs is 1. The molecule has 2 aromatic rings. The van der Waals surface area contributed by atoms with Gasteiger partial charge in [0.1, 0.15) is 16.6 Å². The molecule has 0 fully saturated rings. The molecule has 2 nitrogen and oxygen atoms in total. The molecule has 3 rings (SSSR count). The third-order valence-electron chi connectivity index (χ3n) is 3.91. The van der Waals surface area contributed by atoms with Crippen LogP contribution in [0.25, 0.3) is 0 Å². The minimum absolute atomic E-state index is 0.0556. The van der Waals surface area contributed by atoms with Gasteiger partial charge in [-0.3, -0.25) is 0 Å². The van der Waals surface area contributed by atoms with E-state index >= 15 is 0 Å². The van der Waals surface area contributed by atoms with Gasteiger partial charge in [-0.2, -0.15) is 0 Å². The van der Waals surface area contributed by atoms with Gasteiger partial charge in [0.05, 0.1) is 11.7 Å². The van der Waals surface area contributed by atoms with Gasteiger partial charge in [-0.15, -0.1) is 11.3 Å². The molecule has 0 saturated heterocycles. The number of halogens is 2. The third-order valence-corrected chi connectivity index (χ3v) is 5.25. The lowest BCUT2D eigenvalue weighted by molar-refractivity contribution is 0.469. The first-order valence-electron chi connectivity index (χ1n) is 7.24. The Labute approximate surface area is 127 Å². The number of hydrogen-bond donors (Lipinski definition) is 1. The summed E-state index contributed by atoms with van der Waals surface area (Å²) in [6.45, 7) is 3.92. The van der Waals surface area contributed by atoms with Crippen molar-refractivity contribution in [2.45, 2.75) is 45.2 Å². The van der Waals surface area contributed by atoms with E-state index in [1.54, 1.807) is 11.3 Å². The molecule has 2 atom stereocenters. The molecule has 0 spiro atoms. The minimum Gasteiger partial charge on any atom is -0.301 e. The highest BCUT2D eigenvalue weighted by atomic mass is 32.1. The fourth-order valence-corrected chi connectivity index (χ4v) is 3.95. The molecule has 0 unspecified atom stereocenters. The van der Waals surface area contributed by atoms with E-state index in [4.69, 9.17) is 0 Å². The molecule has 1 aliphatic rings. The Bertz CT molecular complexity index is 632. The number of nitrogens with zero attached hydrogens (tertiary/aromatic N) is 1. The lowest BCUT2D eigenvalue weighted by Gasteiger charge is -2.19. The number of aromatic nitrogens is 1. The van der Waals surface area contributed by atoms with E-state index in [1.165, 1.54) is 29.1 Å². The Morgan fingerprint density at radius 1 is 1.19 bits per heavy atom. The number of nitrogens with one attached hydrogen (secondary N) is 1. The highest BCUT2D eigenvalue weighted by Crippen LogP contribution is 2.31. The van der Waals surface area contributed by atoms with Gasteiger partial charge in [0, 0.05) is 22.5 Å². The summed E-state index contributed by atoms with van der Waals surface area (Å²) in [6, 6.07) is 3.58. The van der Waals surface area contributed by atoms with Crippen LogP contribution in [-0.4, -0.2) is 4.98 Å². The number of thiazole rings is 1. The van der Waals surface area contributed by atoms with Gasteiger partial charge >= 0.3 is 0 Å². The topological polar surface area (TPSA) is 24.9 Å². The first-order chi connectivity index (χ1) is 10.0. The molecule has 0 saturated carbocycles. The van der Waals surface area contributed by atoms with Crippen molar-refractivity contribution in [2.24, 2.45) is 0 Å². The second kappa shape index (κ2) is 5.81. The van der Waals surface area contributed by atoms with Crippen molar-refractivity contribution in [3.8, 4) is 0 Å². The fraction of sp³-hybridized carbons (Fsp3) is 0.438. The first kappa shape index (κ1) is 14.6. The maximum absolute atomic E-state index is 13.8. The second-order valence-corrected chi connectivity index (χ2v) is 6.67. The van der Waals surface area contributed by atoms with Gasteiger partial charge in [0.15, 0.2) is 0 Å². The summed E-state index contributed by atoms with van der Waals surface area (Å²) in [5.74, 6) is -1.06. The van der Waals surface area contributed by atoms with Gasteiger partial charge in [0.25, 0.3) is 0 Å². The number of benzene rings is 1. The van der Waals surface area contributed by atoms with Crippen molar-refractivity contribution in [3.05, 3.63) is 51.0 Å². The average Bonchev–Trinajstić information content (AvgIpc) is 2.98. The monoisotopic (exact) mass is 308 g/mol. The second-order valence-electron chi connectivity index (χ2n) is 5.55.